The summed E-state index contributed by atoms with van der Waals surface area (Å²) in [6.07, 6.45) is -0.0549. The van der Waals surface area contributed by atoms with Crippen molar-refractivity contribution in [2.45, 2.75) is 68.7 Å². The third-order valence-corrected chi connectivity index (χ3v) is 6.85. The Morgan fingerprint density at radius 3 is 2.60 bits per heavy atom. The van der Waals surface area contributed by atoms with Crippen LogP contribution in [0.5, 0.6) is 0 Å². The average Bonchev–Trinajstić information content (AvgIpc) is 2.71. The van der Waals surface area contributed by atoms with E-state index in [9.17, 15) is 19.4 Å². The molecular formula is C24H29FO4S. The highest BCUT2D eigenvalue weighted by Gasteiger charge is 2.40. The Kier molecular flexibility index (Phi) is 7.69. The summed E-state index contributed by atoms with van der Waals surface area (Å²) in [4.78, 5) is 12.2. The summed E-state index contributed by atoms with van der Waals surface area (Å²) in [6, 6.07) is 12.3. The molecule has 30 heavy (non-hydrogen) atoms. The predicted molar refractivity (Wildman–Crippen MR) is 117 cm³/mol. The van der Waals surface area contributed by atoms with Crippen LogP contribution in [-0.2, 0) is 16.0 Å². The molecule has 1 heterocycles. The standard InChI is InChI=1S/C24H29FO4S/c1-14(26)6-4-7-17-10-11-20(13-21(17)18-8-5-9-19(25)12-18)30-24-23(28)22(27)15(2)16(3)29-24/h5,8-13,15-16,22-24,27-28H,4,6-7H2,1-3H3. The number of ether oxygens (including phenoxy) is 1. The van der Waals surface area contributed by atoms with Gasteiger partial charge in [0.15, 0.2) is 0 Å². The monoisotopic (exact) mass is 432 g/mol. The minimum atomic E-state index is -0.992. The van der Waals surface area contributed by atoms with Crippen molar-refractivity contribution in [2.24, 2.45) is 5.92 Å². The van der Waals surface area contributed by atoms with Gasteiger partial charge in [0.25, 0.3) is 0 Å². The fourth-order valence-corrected chi connectivity index (χ4v) is 4.83. The molecular weight excluding hydrogens is 403 g/mol. The Balaban J connectivity index is 1.87. The molecule has 0 radical (unpaired) electrons. The first-order chi connectivity index (χ1) is 14.3. The molecule has 0 aromatic heterocycles. The Morgan fingerprint density at radius 2 is 1.90 bits per heavy atom. The summed E-state index contributed by atoms with van der Waals surface area (Å²) >= 11 is 1.35. The number of rotatable bonds is 7. The molecule has 2 N–H and O–H groups in total. The van der Waals surface area contributed by atoms with Crippen molar-refractivity contribution in [1.29, 1.82) is 0 Å². The van der Waals surface area contributed by atoms with Gasteiger partial charge in [0.1, 0.15) is 23.1 Å². The van der Waals surface area contributed by atoms with Crippen LogP contribution in [0.15, 0.2) is 47.4 Å². The summed E-state index contributed by atoms with van der Waals surface area (Å²) in [5, 5.41) is 20.8. The average molecular weight is 433 g/mol. The number of aryl methyl sites for hydroxylation is 1. The molecule has 6 heteroatoms. The maximum atomic E-state index is 13.9. The van der Waals surface area contributed by atoms with Gasteiger partial charge in [-0.1, -0.05) is 36.9 Å². The molecule has 0 aliphatic carbocycles. The van der Waals surface area contributed by atoms with E-state index >= 15 is 0 Å². The molecule has 0 spiro atoms. The molecule has 0 saturated carbocycles. The summed E-state index contributed by atoms with van der Waals surface area (Å²) in [7, 11) is 0. The first-order valence-corrected chi connectivity index (χ1v) is 11.2. The molecule has 5 atom stereocenters. The molecule has 1 aliphatic heterocycles. The lowest BCUT2D eigenvalue weighted by molar-refractivity contribution is -0.160. The Bertz CT molecular complexity index is 887. The quantitative estimate of drug-likeness (QED) is 0.669. The van der Waals surface area contributed by atoms with E-state index < -0.39 is 17.6 Å². The normalized spacial score (nSPS) is 26.5. The molecule has 5 unspecified atom stereocenters. The minimum absolute atomic E-state index is 0.150. The number of aliphatic hydroxyl groups is 2. The third kappa shape index (κ3) is 5.49. The summed E-state index contributed by atoms with van der Waals surface area (Å²) in [6.45, 7) is 5.33. The van der Waals surface area contributed by atoms with Crippen LogP contribution in [0, 0.1) is 11.7 Å². The number of Topliss-reactive ketones (excluding diaryl/α,β-unsaturated/α-hetero) is 1. The number of halogens is 1. The lowest BCUT2D eigenvalue weighted by Gasteiger charge is -2.40. The van der Waals surface area contributed by atoms with Gasteiger partial charge in [-0.25, -0.2) is 4.39 Å². The maximum absolute atomic E-state index is 13.9. The van der Waals surface area contributed by atoms with Gasteiger partial charge in [-0.2, -0.15) is 0 Å². The molecule has 0 amide bonds. The summed E-state index contributed by atoms with van der Waals surface area (Å²) in [5.41, 5.74) is 2.12. The van der Waals surface area contributed by atoms with Crippen LogP contribution in [0.1, 0.15) is 39.2 Å². The fourth-order valence-electron chi connectivity index (χ4n) is 3.70. The molecule has 2 aromatic carbocycles. The van der Waals surface area contributed by atoms with E-state index in [0.29, 0.717) is 12.8 Å². The smallest absolute Gasteiger partial charge is 0.136 e. The second kappa shape index (κ2) is 10.1. The van der Waals surface area contributed by atoms with Crippen molar-refractivity contribution >= 4 is 17.5 Å². The lowest BCUT2D eigenvalue weighted by Crippen LogP contribution is -2.51. The van der Waals surface area contributed by atoms with E-state index in [2.05, 4.69) is 0 Å². The van der Waals surface area contributed by atoms with Gasteiger partial charge >= 0.3 is 0 Å². The van der Waals surface area contributed by atoms with E-state index in [1.54, 1.807) is 13.0 Å². The van der Waals surface area contributed by atoms with Gasteiger partial charge < -0.3 is 19.7 Å². The number of hydrogen-bond acceptors (Lipinski definition) is 5. The number of aliphatic hydroxyl groups excluding tert-OH is 2. The number of hydrogen-bond donors (Lipinski definition) is 2. The van der Waals surface area contributed by atoms with Gasteiger partial charge in [0.05, 0.1) is 12.2 Å². The maximum Gasteiger partial charge on any atom is 0.136 e. The Morgan fingerprint density at radius 1 is 1.13 bits per heavy atom. The summed E-state index contributed by atoms with van der Waals surface area (Å²) < 4.78 is 19.8. The summed E-state index contributed by atoms with van der Waals surface area (Å²) in [5.74, 6) is -0.305. The SMILES string of the molecule is CC(=O)CCCc1ccc(SC2OC(C)C(C)C(O)C2O)cc1-c1cccc(F)c1. The second-order valence-corrected chi connectivity index (χ2v) is 9.22. The third-order valence-electron chi connectivity index (χ3n) is 5.70. The first-order valence-electron chi connectivity index (χ1n) is 10.3. The van der Waals surface area contributed by atoms with Crippen molar-refractivity contribution < 1.29 is 24.1 Å². The van der Waals surface area contributed by atoms with Gasteiger partial charge in [-0.3, -0.25) is 0 Å². The van der Waals surface area contributed by atoms with Gasteiger partial charge in [0.2, 0.25) is 0 Å². The van der Waals surface area contributed by atoms with Crippen LogP contribution in [-0.4, -0.2) is 39.7 Å². The Hall–Kier alpha value is -1.73. The van der Waals surface area contributed by atoms with Crippen molar-refractivity contribution in [2.75, 3.05) is 0 Å². The van der Waals surface area contributed by atoms with Crippen molar-refractivity contribution in [1.82, 2.24) is 0 Å². The zero-order valence-electron chi connectivity index (χ0n) is 17.5. The van der Waals surface area contributed by atoms with Crippen LogP contribution >= 0.6 is 11.8 Å². The van der Waals surface area contributed by atoms with E-state index in [1.165, 1.54) is 23.9 Å². The highest BCUT2D eigenvalue weighted by molar-refractivity contribution is 7.99. The second-order valence-electron chi connectivity index (χ2n) is 8.05. The van der Waals surface area contributed by atoms with E-state index in [1.807, 2.05) is 38.1 Å². The van der Waals surface area contributed by atoms with E-state index in [4.69, 9.17) is 4.74 Å². The molecule has 1 aliphatic rings. The molecule has 3 rings (SSSR count). The van der Waals surface area contributed by atoms with E-state index in [-0.39, 0.29) is 23.6 Å². The number of thioether (sulfide) groups is 1. The topological polar surface area (TPSA) is 66.8 Å². The fraction of sp³-hybridized carbons (Fsp3) is 0.458. The predicted octanol–water partition coefficient (Wildman–Crippen LogP) is 4.60. The molecule has 1 fully saturated rings. The number of ketones is 1. The minimum Gasteiger partial charge on any atom is -0.390 e. The van der Waals surface area contributed by atoms with Crippen LogP contribution < -0.4 is 0 Å². The first kappa shape index (κ1) is 22.9. The largest absolute Gasteiger partial charge is 0.390 e. The van der Waals surface area contributed by atoms with Gasteiger partial charge in [-0.05, 0) is 67.6 Å². The molecule has 2 aromatic rings. The highest BCUT2D eigenvalue weighted by atomic mass is 32.2. The van der Waals surface area contributed by atoms with E-state index in [0.717, 1.165) is 28.0 Å². The zero-order chi connectivity index (χ0) is 21.8. The molecule has 1 saturated heterocycles. The van der Waals surface area contributed by atoms with Gasteiger partial charge in [0, 0.05) is 17.2 Å². The molecule has 162 valence electrons. The van der Waals surface area contributed by atoms with Crippen LogP contribution in [0.4, 0.5) is 4.39 Å². The number of benzene rings is 2. The number of carbonyl (C=O) groups is 1. The van der Waals surface area contributed by atoms with Crippen LogP contribution in [0.25, 0.3) is 11.1 Å². The van der Waals surface area contributed by atoms with Crippen LogP contribution in [0.3, 0.4) is 0 Å². The van der Waals surface area contributed by atoms with Crippen molar-refractivity contribution in [3.8, 4) is 11.1 Å². The Labute approximate surface area is 181 Å². The molecule has 4 nitrogen and oxygen atoms in total. The lowest BCUT2D eigenvalue weighted by atomic mass is 9.92. The highest BCUT2D eigenvalue weighted by Crippen LogP contribution is 2.38. The molecule has 0 bridgehead atoms. The van der Waals surface area contributed by atoms with Crippen LogP contribution in [0.2, 0.25) is 0 Å². The van der Waals surface area contributed by atoms with Gasteiger partial charge in [-0.15, -0.1) is 0 Å². The zero-order valence-corrected chi connectivity index (χ0v) is 18.4. The van der Waals surface area contributed by atoms with Crippen molar-refractivity contribution in [3.63, 3.8) is 0 Å². The van der Waals surface area contributed by atoms with Crippen molar-refractivity contribution in [3.05, 3.63) is 53.8 Å². The number of carbonyl (C=O) groups excluding carboxylic acids is 1.